The van der Waals surface area contributed by atoms with Crippen LogP contribution >= 0.6 is 34.2 Å². The average molecular weight is 322 g/mol. The van der Waals surface area contributed by atoms with Gasteiger partial charge in [-0.25, -0.2) is 0 Å². The van der Waals surface area contributed by atoms with E-state index in [4.69, 9.17) is 22.0 Å². The second-order valence-corrected chi connectivity index (χ2v) is 4.18. The van der Waals surface area contributed by atoms with Gasteiger partial charge in [0.15, 0.2) is 0 Å². The third-order valence-corrected chi connectivity index (χ3v) is 2.92. The minimum absolute atomic E-state index is 0.0931. The Labute approximate surface area is 99.4 Å². The predicted molar refractivity (Wildman–Crippen MR) is 60.2 cm³/mol. The van der Waals surface area contributed by atoms with Gasteiger partial charge in [-0.3, -0.25) is 4.79 Å². The summed E-state index contributed by atoms with van der Waals surface area (Å²) in [6, 6.07) is 5.02. The SMILES string of the molecule is N#Cc1cc(CC(=O)O)c(I)cc1Cl. The van der Waals surface area contributed by atoms with E-state index >= 15 is 0 Å². The first-order valence-electron chi connectivity index (χ1n) is 3.64. The molecule has 0 unspecified atom stereocenters. The Morgan fingerprint density at radius 2 is 2.29 bits per heavy atom. The number of halogens is 2. The lowest BCUT2D eigenvalue weighted by Crippen LogP contribution is -2.02. The van der Waals surface area contributed by atoms with E-state index in [1.807, 2.05) is 28.7 Å². The quantitative estimate of drug-likeness (QED) is 0.851. The molecule has 0 aliphatic carbocycles. The summed E-state index contributed by atoms with van der Waals surface area (Å²) in [7, 11) is 0. The highest BCUT2D eigenvalue weighted by atomic mass is 127. The summed E-state index contributed by atoms with van der Waals surface area (Å²) < 4.78 is 0.758. The number of carbonyl (C=O) groups is 1. The smallest absolute Gasteiger partial charge is 0.307 e. The molecule has 1 aromatic rings. The Kier molecular flexibility index (Phi) is 3.72. The molecule has 0 aliphatic rings. The lowest BCUT2D eigenvalue weighted by atomic mass is 10.1. The molecule has 0 aliphatic heterocycles. The van der Waals surface area contributed by atoms with Gasteiger partial charge in [0, 0.05) is 3.57 Å². The van der Waals surface area contributed by atoms with E-state index in [1.165, 1.54) is 6.07 Å². The van der Waals surface area contributed by atoms with Crippen LogP contribution in [0.5, 0.6) is 0 Å². The van der Waals surface area contributed by atoms with Crippen LogP contribution in [0.3, 0.4) is 0 Å². The maximum Gasteiger partial charge on any atom is 0.307 e. The van der Waals surface area contributed by atoms with Crippen molar-refractivity contribution >= 4 is 40.2 Å². The molecule has 0 atom stereocenters. The Hall–Kier alpha value is -0.800. The van der Waals surface area contributed by atoms with Gasteiger partial charge in [-0.2, -0.15) is 5.26 Å². The first kappa shape index (κ1) is 11.3. The molecule has 0 radical (unpaired) electrons. The molecule has 0 heterocycles. The number of nitrogens with zero attached hydrogens (tertiary/aromatic N) is 1. The number of aliphatic carboxylic acids is 1. The molecular weight excluding hydrogens is 316 g/mol. The third-order valence-electron chi connectivity index (χ3n) is 1.60. The second-order valence-electron chi connectivity index (χ2n) is 2.61. The zero-order chi connectivity index (χ0) is 10.7. The number of hydrogen-bond donors (Lipinski definition) is 1. The molecular formula is C9H5ClINO2. The minimum atomic E-state index is -0.922. The zero-order valence-corrected chi connectivity index (χ0v) is 9.83. The Balaban J connectivity index is 3.19. The molecule has 0 amide bonds. The van der Waals surface area contributed by atoms with E-state index in [0.717, 1.165) is 3.57 Å². The van der Waals surface area contributed by atoms with E-state index in [1.54, 1.807) is 6.07 Å². The van der Waals surface area contributed by atoms with Crippen LogP contribution in [0.2, 0.25) is 5.02 Å². The lowest BCUT2D eigenvalue weighted by molar-refractivity contribution is -0.136. The van der Waals surface area contributed by atoms with Crippen molar-refractivity contribution in [3.05, 3.63) is 31.9 Å². The van der Waals surface area contributed by atoms with Crippen molar-refractivity contribution in [1.82, 2.24) is 0 Å². The van der Waals surface area contributed by atoms with E-state index in [2.05, 4.69) is 0 Å². The molecule has 0 spiro atoms. The van der Waals surface area contributed by atoms with Crippen molar-refractivity contribution in [3.8, 4) is 6.07 Å². The molecule has 5 heteroatoms. The monoisotopic (exact) mass is 321 g/mol. The number of rotatable bonds is 2. The van der Waals surface area contributed by atoms with E-state index in [-0.39, 0.29) is 6.42 Å². The Morgan fingerprint density at radius 1 is 1.64 bits per heavy atom. The highest BCUT2D eigenvalue weighted by Crippen LogP contribution is 2.22. The largest absolute Gasteiger partial charge is 0.481 e. The van der Waals surface area contributed by atoms with Gasteiger partial charge < -0.3 is 5.11 Å². The van der Waals surface area contributed by atoms with Gasteiger partial charge in [-0.05, 0) is 40.3 Å². The minimum Gasteiger partial charge on any atom is -0.481 e. The summed E-state index contributed by atoms with van der Waals surface area (Å²) in [4.78, 5) is 10.5. The van der Waals surface area contributed by atoms with Crippen molar-refractivity contribution in [2.24, 2.45) is 0 Å². The molecule has 72 valence electrons. The van der Waals surface area contributed by atoms with Crippen LogP contribution in [0.4, 0.5) is 0 Å². The fourth-order valence-electron chi connectivity index (χ4n) is 0.978. The number of carboxylic acid groups (broad SMARTS) is 1. The molecule has 0 aromatic heterocycles. The first-order valence-corrected chi connectivity index (χ1v) is 5.10. The summed E-state index contributed by atoms with van der Waals surface area (Å²) in [5, 5.41) is 17.6. The van der Waals surface area contributed by atoms with Gasteiger partial charge in [-0.15, -0.1) is 0 Å². The van der Waals surface area contributed by atoms with E-state index < -0.39 is 5.97 Å². The average Bonchev–Trinajstić information content (AvgIpc) is 2.09. The van der Waals surface area contributed by atoms with Crippen molar-refractivity contribution in [2.45, 2.75) is 6.42 Å². The number of hydrogen-bond acceptors (Lipinski definition) is 2. The van der Waals surface area contributed by atoms with Gasteiger partial charge >= 0.3 is 5.97 Å². The Morgan fingerprint density at radius 3 is 2.79 bits per heavy atom. The summed E-state index contributed by atoms with van der Waals surface area (Å²) >= 11 is 7.76. The fraction of sp³-hybridized carbons (Fsp3) is 0.111. The molecule has 14 heavy (non-hydrogen) atoms. The van der Waals surface area contributed by atoms with Crippen LogP contribution in [-0.2, 0) is 11.2 Å². The topological polar surface area (TPSA) is 61.1 Å². The highest BCUT2D eigenvalue weighted by Gasteiger charge is 2.09. The molecule has 0 fully saturated rings. The molecule has 0 saturated heterocycles. The molecule has 0 saturated carbocycles. The van der Waals surface area contributed by atoms with Crippen LogP contribution in [0, 0.1) is 14.9 Å². The maximum absolute atomic E-state index is 10.5. The van der Waals surface area contributed by atoms with Crippen LogP contribution in [-0.4, -0.2) is 11.1 Å². The van der Waals surface area contributed by atoms with E-state index in [0.29, 0.717) is 16.1 Å². The summed E-state index contributed by atoms with van der Waals surface area (Å²) in [5.74, 6) is -0.922. The summed E-state index contributed by atoms with van der Waals surface area (Å²) in [6.07, 6.45) is -0.0931. The van der Waals surface area contributed by atoms with Gasteiger partial charge in [0.1, 0.15) is 6.07 Å². The second kappa shape index (κ2) is 4.62. The summed E-state index contributed by atoms with van der Waals surface area (Å²) in [5.41, 5.74) is 0.919. The molecule has 1 aromatic carbocycles. The molecule has 3 nitrogen and oxygen atoms in total. The molecule has 1 rings (SSSR count). The van der Waals surface area contributed by atoms with Crippen molar-refractivity contribution in [1.29, 1.82) is 5.26 Å². The summed E-state index contributed by atoms with van der Waals surface area (Å²) in [6.45, 7) is 0. The van der Waals surface area contributed by atoms with Crippen molar-refractivity contribution < 1.29 is 9.90 Å². The van der Waals surface area contributed by atoms with Crippen LogP contribution < -0.4 is 0 Å². The third kappa shape index (κ3) is 2.59. The first-order chi connectivity index (χ1) is 6.54. The number of nitriles is 1. The zero-order valence-electron chi connectivity index (χ0n) is 6.92. The molecule has 0 bridgehead atoms. The van der Waals surface area contributed by atoms with Gasteiger partial charge in [0.25, 0.3) is 0 Å². The van der Waals surface area contributed by atoms with Crippen molar-refractivity contribution in [3.63, 3.8) is 0 Å². The number of carboxylic acids is 1. The number of benzene rings is 1. The lowest BCUT2D eigenvalue weighted by Gasteiger charge is -2.03. The van der Waals surface area contributed by atoms with E-state index in [9.17, 15) is 4.79 Å². The van der Waals surface area contributed by atoms with Gasteiger partial charge in [-0.1, -0.05) is 11.6 Å². The van der Waals surface area contributed by atoms with Crippen molar-refractivity contribution in [2.75, 3.05) is 0 Å². The van der Waals surface area contributed by atoms with Gasteiger partial charge in [0.2, 0.25) is 0 Å². The molecule has 1 N–H and O–H groups in total. The maximum atomic E-state index is 10.5. The fourth-order valence-corrected chi connectivity index (χ4v) is 2.03. The van der Waals surface area contributed by atoms with Crippen LogP contribution in [0.15, 0.2) is 12.1 Å². The van der Waals surface area contributed by atoms with Gasteiger partial charge in [0.05, 0.1) is 17.0 Å². The van der Waals surface area contributed by atoms with Crippen LogP contribution in [0.1, 0.15) is 11.1 Å². The standard InChI is InChI=1S/C9H5ClINO2/c10-7-3-8(11)5(2-9(13)14)1-6(7)4-12/h1,3H,2H2,(H,13,14). The highest BCUT2D eigenvalue weighted by molar-refractivity contribution is 14.1. The normalized spacial score (nSPS) is 9.50. The predicted octanol–water partition coefficient (Wildman–Crippen LogP) is 2.44. The van der Waals surface area contributed by atoms with Crippen LogP contribution in [0.25, 0.3) is 0 Å². The Bertz CT molecular complexity index is 426.